The Balaban J connectivity index is 1.74. The molecular formula is C19H19Br2NOS. The van der Waals surface area contributed by atoms with Crippen molar-refractivity contribution in [1.82, 2.24) is 4.90 Å². The summed E-state index contributed by atoms with van der Waals surface area (Å²) < 4.78 is 7.84. The Morgan fingerprint density at radius 1 is 1.08 bits per heavy atom. The third kappa shape index (κ3) is 4.19. The first-order chi connectivity index (χ1) is 11.5. The largest absolute Gasteiger partial charge is 0.487 e. The van der Waals surface area contributed by atoms with Crippen molar-refractivity contribution in [2.24, 2.45) is 0 Å². The minimum absolute atomic E-state index is 0.535. The topological polar surface area (TPSA) is 12.5 Å². The Morgan fingerprint density at radius 3 is 2.25 bits per heavy atom. The van der Waals surface area contributed by atoms with Gasteiger partial charge in [-0.05, 0) is 69.3 Å². The van der Waals surface area contributed by atoms with E-state index < -0.39 is 0 Å². The van der Waals surface area contributed by atoms with Crippen molar-refractivity contribution >= 4 is 49.1 Å². The second-order valence-electron chi connectivity index (χ2n) is 6.04. The molecule has 24 heavy (non-hydrogen) atoms. The molecule has 0 amide bonds. The van der Waals surface area contributed by atoms with Gasteiger partial charge in [-0.25, -0.2) is 0 Å². The summed E-state index contributed by atoms with van der Waals surface area (Å²) in [6.45, 7) is 4.73. The van der Waals surface area contributed by atoms with Gasteiger partial charge in [0.1, 0.15) is 17.3 Å². The quantitative estimate of drug-likeness (QED) is 0.520. The molecule has 0 N–H and O–H groups in total. The molecule has 2 aromatic rings. The van der Waals surface area contributed by atoms with Crippen LogP contribution in [0.4, 0.5) is 0 Å². The molecule has 2 aromatic carbocycles. The van der Waals surface area contributed by atoms with Gasteiger partial charge in [0.2, 0.25) is 0 Å². The van der Waals surface area contributed by atoms with Crippen LogP contribution in [0.3, 0.4) is 0 Å². The molecule has 0 saturated carbocycles. The summed E-state index contributed by atoms with van der Waals surface area (Å²) in [5, 5.41) is 0. The van der Waals surface area contributed by atoms with Gasteiger partial charge in [0, 0.05) is 18.7 Å². The predicted octanol–water partition coefficient (Wildman–Crippen LogP) is 5.87. The van der Waals surface area contributed by atoms with E-state index in [0.29, 0.717) is 6.61 Å². The molecule has 126 valence electrons. The average molecular weight is 469 g/mol. The minimum atomic E-state index is 0.535. The van der Waals surface area contributed by atoms with Crippen LogP contribution in [-0.4, -0.2) is 23.0 Å². The fourth-order valence-corrected chi connectivity index (χ4v) is 4.48. The second kappa shape index (κ2) is 7.98. The summed E-state index contributed by atoms with van der Waals surface area (Å²) in [5.74, 6) is 0.809. The van der Waals surface area contributed by atoms with E-state index in [2.05, 4.69) is 80.1 Å². The van der Waals surface area contributed by atoms with Gasteiger partial charge in [-0.3, -0.25) is 0 Å². The number of thiocarbonyl (C=S) groups is 1. The van der Waals surface area contributed by atoms with E-state index in [-0.39, 0.29) is 0 Å². The SMILES string of the molecule is Cc1ccc(COc2c(Br)cc(C(=S)N3CCCC3)cc2Br)cc1. The van der Waals surface area contributed by atoms with Crippen molar-refractivity contribution in [2.45, 2.75) is 26.4 Å². The van der Waals surface area contributed by atoms with E-state index >= 15 is 0 Å². The maximum Gasteiger partial charge on any atom is 0.148 e. The Hall–Kier alpha value is -0.910. The number of ether oxygens (including phenoxy) is 1. The monoisotopic (exact) mass is 467 g/mol. The van der Waals surface area contributed by atoms with Crippen molar-refractivity contribution in [3.8, 4) is 5.75 Å². The van der Waals surface area contributed by atoms with Crippen molar-refractivity contribution in [3.63, 3.8) is 0 Å². The summed E-state index contributed by atoms with van der Waals surface area (Å²) in [6, 6.07) is 12.5. The summed E-state index contributed by atoms with van der Waals surface area (Å²) in [7, 11) is 0. The number of nitrogens with zero attached hydrogens (tertiary/aromatic N) is 1. The predicted molar refractivity (Wildman–Crippen MR) is 110 cm³/mol. The third-order valence-corrected chi connectivity index (χ3v) is 5.81. The van der Waals surface area contributed by atoms with Gasteiger partial charge in [-0.15, -0.1) is 0 Å². The normalized spacial score (nSPS) is 14.0. The number of hydrogen-bond donors (Lipinski definition) is 0. The van der Waals surface area contributed by atoms with Crippen LogP contribution in [-0.2, 0) is 6.61 Å². The zero-order valence-corrected chi connectivity index (χ0v) is 17.5. The van der Waals surface area contributed by atoms with E-state index in [4.69, 9.17) is 17.0 Å². The summed E-state index contributed by atoms with van der Waals surface area (Å²) in [5.41, 5.74) is 3.45. The summed E-state index contributed by atoms with van der Waals surface area (Å²) in [6.07, 6.45) is 2.44. The summed E-state index contributed by atoms with van der Waals surface area (Å²) >= 11 is 12.9. The minimum Gasteiger partial charge on any atom is -0.487 e. The lowest BCUT2D eigenvalue weighted by Crippen LogP contribution is -2.26. The lowest BCUT2D eigenvalue weighted by molar-refractivity contribution is 0.302. The lowest BCUT2D eigenvalue weighted by Gasteiger charge is -2.20. The molecule has 1 aliphatic heterocycles. The van der Waals surface area contributed by atoms with Crippen molar-refractivity contribution in [3.05, 3.63) is 62.0 Å². The van der Waals surface area contributed by atoms with Gasteiger partial charge in [-0.1, -0.05) is 42.0 Å². The van der Waals surface area contributed by atoms with E-state index in [1.54, 1.807) is 0 Å². The molecule has 1 saturated heterocycles. The van der Waals surface area contributed by atoms with Crippen LogP contribution >= 0.6 is 44.1 Å². The highest BCUT2D eigenvalue weighted by Crippen LogP contribution is 2.36. The van der Waals surface area contributed by atoms with Crippen molar-refractivity contribution < 1.29 is 4.74 Å². The number of aryl methyl sites for hydroxylation is 1. The van der Waals surface area contributed by atoms with E-state index in [0.717, 1.165) is 43.9 Å². The van der Waals surface area contributed by atoms with Gasteiger partial charge >= 0.3 is 0 Å². The molecule has 2 nitrogen and oxygen atoms in total. The van der Waals surface area contributed by atoms with Crippen LogP contribution in [0.5, 0.6) is 5.75 Å². The molecule has 0 bridgehead atoms. The number of benzene rings is 2. The summed E-state index contributed by atoms with van der Waals surface area (Å²) in [4.78, 5) is 3.19. The maximum absolute atomic E-state index is 6.00. The first kappa shape index (κ1) is 17.9. The third-order valence-electron chi connectivity index (χ3n) is 4.14. The highest BCUT2D eigenvalue weighted by atomic mass is 79.9. The van der Waals surface area contributed by atoms with Crippen LogP contribution in [0.2, 0.25) is 0 Å². The average Bonchev–Trinajstić information content (AvgIpc) is 3.09. The molecule has 0 aliphatic carbocycles. The fraction of sp³-hybridized carbons (Fsp3) is 0.316. The molecular weight excluding hydrogens is 450 g/mol. The highest BCUT2D eigenvalue weighted by molar-refractivity contribution is 9.11. The van der Waals surface area contributed by atoms with E-state index in [9.17, 15) is 0 Å². The first-order valence-corrected chi connectivity index (χ1v) is 10.0. The maximum atomic E-state index is 6.00. The fourth-order valence-electron chi connectivity index (χ4n) is 2.76. The molecule has 0 aromatic heterocycles. The first-order valence-electron chi connectivity index (χ1n) is 8.01. The zero-order valence-electron chi connectivity index (χ0n) is 13.5. The Morgan fingerprint density at radius 2 is 1.67 bits per heavy atom. The lowest BCUT2D eigenvalue weighted by atomic mass is 10.1. The molecule has 5 heteroatoms. The van der Waals surface area contributed by atoms with Gasteiger partial charge < -0.3 is 9.64 Å². The van der Waals surface area contributed by atoms with E-state index in [1.165, 1.54) is 18.4 Å². The Bertz CT molecular complexity index is 717. The molecule has 3 rings (SSSR count). The van der Waals surface area contributed by atoms with Gasteiger partial charge in [0.05, 0.1) is 8.95 Å². The van der Waals surface area contributed by atoms with Gasteiger partial charge in [-0.2, -0.15) is 0 Å². The van der Waals surface area contributed by atoms with Crippen LogP contribution in [0.15, 0.2) is 45.3 Å². The van der Waals surface area contributed by atoms with Crippen LogP contribution in [0.1, 0.15) is 29.5 Å². The van der Waals surface area contributed by atoms with Gasteiger partial charge in [0.25, 0.3) is 0 Å². The molecule has 1 fully saturated rings. The van der Waals surface area contributed by atoms with Crippen molar-refractivity contribution in [1.29, 1.82) is 0 Å². The number of halogens is 2. The van der Waals surface area contributed by atoms with Crippen LogP contribution < -0.4 is 4.74 Å². The zero-order chi connectivity index (χ0) is 17.1. The molecule has 0 spiro atoms. The van der Waals surface area contributed by atoms with Crippen molar-refractivity contribution in [2.75, 3.05) is 13.1 Å². The Kier molecular flexibility index (Phi) is 5.95. The molecule has 1 aliphatic rings. The Labute approximate surface area is 165 Å². The van der Waals surface area contributed by atoms with Crippen LogP contribution in [0, 0.1) is 6.92 Å². The molecule has 0 radical (unpaired) electrons. The molecule has 1 heterocycles. The van der Waals surface area contributed by atoms with E-state index in [1.807, 2.05) is 0 Å². The van der Waals surface area contributed by atoms with Crippen LogP contribution in [0.25, 0.3) is 0 Å². The number of hydrogen-bond acceptors (Lipinski definition) is 2. The smallest absolute Gasteiger partial charge is 0.148 e. The van der Waals surface area contributed by atoms with Gasteiger partial charge in [0.15, 0.2) is 0 Å². The number of rotatable bonds is 4. The number of likely N-dealkylation sites (tertiary alicyclic amines) is 1. The second-order valence-corrected chi connectivity index (χ2v) is 8.14. The highest BCUT2D eigenvalue weighted by Gasteiger charge is 2.18. The molecule has 0 unspecified atom stereocenters. The molecule has 0 atom stereocenters. The standard InChI is InChI=1S/C19H19Br2NOS/c1-13-4-6-14(7-5-13)12-23-18-16(20)10-15(11-17(18)21)19(24)22-8-2-3-9-22/h4-7,10-11H,2-3,8-9,12H2,1H3.